The largest absolute Gasteiger partial charge is 0.325 e. The summed E-state index contributed by atoms with van der Waals surface area (Å²) < 4.78 is 0. The molecule has 3 rings (SSSR count). The lowest BCUT2D eigenvalue weighted by molar-refractivity contribution is 0.213. The molecule has 1 aromatic rings. The maximum atomic E-state index is 11.8. The first-order chi connectivity index (χ1) is 9.21. The predicted molar refractivity (Wildman–Crippen MR) is 75.9 cm³/mol. The fourth-order valence-corrected chi connectivity index (χ4v) is 3.47. The normalized spacial score (nSPS) is 27.1. The monoisotopic (exact) mass is 276 g/mol. The highest BCUT2D eigenvalue weighted by Crippen LogP contribution is 2.42. The summed E-state index contributed by atoms with van der Waals surface area (Å²) in [7, 11) is 0. The Morgan fingerprint density at radius 3 is 2.74 bits per heavy atom. The summed E-state index contributed by atoms with van der Waals surface area (Å²) in [6.07, 6.45) is 8.54. The molecule has 1 saturated carbocycles. The van der Waals surface area contributed by atoms with E-state index in [1.165, 1.54) is 12.8 Å². The van der Waals surface area contributed by atoms with Crippen molar-refractivity contribution in [3.8, 4) is 0 Å². The number of amides is 2. The van der Waals surface area contributed by atoms with Crippen LogP contribution in [0.1, 0.15) is 31.2 Å². The first-order valence-electron chi connectivity index (χ1n) is 6.73. The molecule has 19 heavy (non-hydrogen) atoms. The summed E-state index contributed by atoms with van der Waals surface area (Å²) >= 11 is 6.12. The number of halogens is 1. The fourth-order valence-electron chi connectivity index (χ4n) is 3.28. The molecule has 1 aromatic carbocycles. The Morgan fingerprint density at radius 2 is 2.05 bits per heavy atom. The molecule has 1 fully saturated rings. The summed E-state index contributed by atoms with van der Waals surface area (Å²) in [6.45, 7) is 0. The van der Waals surface area contributed by atoms with E-state index in [9.17, 15) is 4.79 Å². The summed E-state index contributed by atoms with van der Waals surface area (Å²) in [5.41, 5.74) is 0.655. The second kappa shape index (κ2) is 4.89. The van der Waals surface area contributed by atoms with E-state index < -0.39 is 5.54 Å². The maximum Gasteiger partial charge on any atom is 0.319 e. The van der Waals surface area contributed by atoms with Crippen molar-refractivity contribution in [1.29, 1.82) is 0 Å². The molecule has 1 unspecified atom stereocenters. The third kappa shape index (κ3) is 2.23. The van der Waals surface area contributed by atoms with Crippen LogP contribution in [-0.2, 0) is 5.54 Å². The summed E-state index contributed by atoms with van der Waals surface area (Å²) in [5.74, 6) is 0.438. The second-order valence-corrected chi connectivity index (χ2v) is 5.73. The smallest absolute Gasteiger partial charge is 0.319 e. The summed E-state index contributed by atoms with van der Waals surface area (Å²) in [4.78, 5) is 11.8. The van der Waals surface area contributed by atoms with Crippen LogP contribution < -0.4 is 10.6 Å². The molecule has 2 amide bonds. The number of rotatable bonds is 2. The lowest BCUT2D eigenvalue weighted by Gasteiger charge is -2.40. The highest BCUT2D eigenvalue weighted by atomic mass is 35.5. The molecule has 100 valence electrons. The van der Waals surface area contributed by atoms with Crippen LogP contribution in [0.15, 0.2) is 36.5 Å². The average Bonchev–Trinajstić information content (AvgIpc) is 2.93. The van der Waals surface area contributed by atoms with Crippen molar-refractivity contribution in [1.82, 2.24) is 10.6 Å². The zero-order valence-electron chi connectivity index (χ0n) is 10.7. The van der Waals surface area contributed by atoms with Crippen molar-refractivity contribution in [2.75, 3.05) is 0 Å². The van der Waals surface area contributed by atoms with Crippen LogP contribution in [0.25, 0.3) is 0 Å². The zero-order valence-corrected chi connectivity index (χ0v) is 11.4. The van der Waals surface area contributed by atoms with Crippen molar-refractivity contribution in [2.45, 2.75) is 31.2 Å². The van der Waals surface area contributed by atoms with Gasteiger partial charge in [0, 0.05) is 11.2 Å². The first kappa shape index (κ1) is 12.5. The molecule has 0 aromatic heterocycles. The maximum absolute atomic E-state index is 11.8. The van der Waals surface area contributed by atoms with Gasteiger partial charge in [-0.15, -0.1) is 0 Å². The van der Waals surface area contributed by atoms with E-state index >= 15 is 0 Å². The Balaban J connectivity index is 2.07. The lowest BCUT2D eigenvalue weighted by atomic mass is 9.76. The van der Waals surface area contributed by atoms with Gasteiger partial charge in [-0.1, -0.05) is 36.6 Å². The van der Waals surface area contributed by atoms with E-state index in [1.54, 1.807) is 6.20 Å². The van der Waals surface area contributed by atoms with E-state index in [-0.39, 0.29) is 6.03 Å². The van der Waals surface area contributed by atoms with Crippen molar-refractivity contribution in [3.05, 3.63) is 47.1 Å². The summed E-state index contributed by atoms with van der Waals surface area (Å²) in [6, 6.07) is 7.65. The number of hydrogen-bond donors (Lipinski definition) is 2. The van der Waals surface area contributed by atoms with Crippen LogP contribution in [0.5, 0.6) is 0 Å². The van der Waals surface area contributed by atoms with Crippen LogP contribution >= 0.6 is 11.6 Å². The van der Waals surface area contributed by atoms with Crippen LogP contribution in [0.4, 0.5) is 4.79 Å². The molecule has 0 saturated heterocycles. The van der Waals surface area contributed by atoms with Gasteiger partial charge < -0.3 is 10.6 Å². The number of carbonyl (C=O) groups excluding carboxylic acids is 1. The third-order valence-electron chi connectivity index (χ3n) is 4.18. The number of nitrogens with one attached hydrogen (secondary N) is 2. The van der Waals surface area contributed by atoms with Gasteiger partial charge in [-0.25, -0.2) is 4.79 Å². The Morgan fingerprint density at radius 1 is 1.26 bits per heavy atom. The predicted octanol–water partition coefficient (Wildman–Crippen LogP) is 3.55. The molecule has 1 aliphatic heterocycles. The Labute approximate surface area is 118 Å². The Bertz CT molecular complexity index is 523. The Hall–Kier alpha value is -1.48. The van der Waals surface area contributed by atoms with E-state index in [0.717, 1.165) is 18.4 Å². The molecule has 2 aliphatic rings. The quantitative estimate of drug-likeness (QED) is 0.852. The Kier molecular flexibility index (Phi) is 3.23. The van der Waals surface area contributed by atoms with E-state index in [2.05, 4.69) is 16.7 Å². The highest BCUT2D eigenvalue weighted by Gasteiger charge is 2.42. The molecule has 0 bridgehead atoms. The first-order valence-corrected chi connectivity index (χ1v) is 7.11. The molecule has 2 N–H and O–H groups in total. The average molecular weight is 277 g/mol. The van der Waals surface area contributed by atoms with E-state index in [4.69, 9.17) is 11.6 Å². The number of hydrogen-bond acceptors (Lipinski definition) is 1. The highest BCUT2D eigenvalue weighted by molar-refractivity contribution is 6.30. The summed E-state index contributed by atoms with van der Waals surface area (Å²) in [5, 5.41) is 6.51. The third-order valence-corrected chi connectivity index (χ3v) is 4.42. The van der Waals surface area contributed by atoms with Crippen LogP contribution in [-0.4, -0.2) is 6.03 Å². The number of carbonyl (C=O) groups is 1. The second-order valence-electron chi connectivity index (χ2n) is 5.29. The minimum Gasteiger partial charge on any atom is -0.325 e. The number of urea groups is 1. The van der Waals surface area contributed by atoms with Crippen LogP contribution in [0.3, 0.4) is 0 Å². The minimum atomic E-state index is -0.413. The molecule has 0 spiro atoms. The molecule has 4 heteroatoms. The molecule has 1 aliphatic carbocycles. The van der Waals surface area contributed by atoms with Gasteiger partial charge in [0.05, 0.1) is 5.54 Å². The van der Waals surface area contributed by atoms with Crippen molar-refractivity contribution < 1.29 is 4.79 Å². The molecular formula is C15H17ClN2O. The lowest BCUT2D eigenvalue weighted by Crippen LogP contribution is -2.54. The molecule has 1 heterocycles. The van der Waals surface area contributed by atoms with Gasteiger partial charge in [0.2, 0.25) is 0 Å². The van der Waals surface area contributed by atoms with E-state index in [0.29, 0.717) is 10.9 Å². The topological polar surface area (TPSA) is 41.1 Å². The molecule has 3 nitrogen and oxygen atoms in total. The van der Waals surface area contributed by atoms with Gasteiger partial charge in [-0.3, -0.25) is 0 Å². The molecule has 1 atom stereocenters. The van der Waals surface area contributed by atoms with Gasteiger partial charge in [0.15, 0.2) is 0 Å². The van der Waals surface area contributed by atoms with Crippen molar-refractivity contribution in [3.63, 3.8) is 0 Å². The van der Waals surface area contributed by atoms with Gasteiger partial charge in [-0.05, 0) is 42.5 Å². The fraction of sp³-hybridized carbons (Fsp3) is 0.400. The van der Waals surface area contributed by atoms with Gasteiger partial charge in [0.25, 0.3) is 0 Å². The van der Waals surface area contributed by atoms with Crippen molar-refractivity contribution in [2.24, 2.45) is 5.92 Å². The van der Waals surface area contributed by atoms with Gasteiger partial charge in [0.1, 0.15) is 0 Å². The molecular weight excluding hydrogens is 260 g/mol. The van der Waals surface area contributed by atoms with Crippen LogP contribution in [0, 0.1) is 5.92 Å². The zero-order chi connectivity index (χ0) is 13.3. The standard InChI is InChI=1S/C15H17ClN2O/c16-13-7-3-6-12(10-13)15(11-4-1-2-5-11)8-9-17-14(19)18-15/h3,6-11H,1-2,4-5H2,(H2,17,18,19). The van der Waals surface area contributed by atoms with E-state index in [1.807, 2.05) is 24.3 Å². The number of benzene rings is 1. The molecule has 0 radical (unpaired) electrons. The SMILES string of the molecule is O=C1NC=CC(c2cccc(Cl)c2)(C2CCCC2)N1. The van der Waals surface area contributed by atoms with Gasteiger partial charge >= 0.3 is 6.03 Å². The van der Waals surface area contributed by atoms with Crippen molar-refractivity contribution >= 4 is 17.6 Å². The minimum absolute atomic E-state index is 0.144. The van der Waals surface area contributed by atoms with Gasteiger partial charge in [-0.2, -0.15) is 0 Å². The van der Waals surface area contributed by atoms with Crippen LogP contribution in [0.2, 0.25) is 5.02 Å².